The van der Waals surface area contributed by atoms with Crippen LogP contribution in [0.3, 0.4) is 0 Å². The van der Waals surface area contributed by atoms with E-state index in [0.717, 1.165) is 16.1 Å². The van der Waals surface area contributed by atoms with Crippen LogP contribution in [0.4, 0.5) is 5.69 Å². The Kier molecular flexibility index (Phi) is 6.97. The van der Waals surface area contributed by atoms with E-state index in [1.54, 1.807) is 36.4 Å². The van der Waals surface area contributed by atoms with Gasteiger partial charge in [0.15, 0.2) is 0 Å². The highest BCUT2D eigenvalue weighted by Gasteiger charge is 2.31. The summed E-state index contributed by atoms with van der Waals surface area (Å²) in [4.78, 5) is 12.6. The van der Waals surface area contributed by atoms with Crippen molar-refractivity contribution in [3.05, 3.63) is 58.1 Å². The van der Waals surface area contributed by atoms with Gasteiger partial charge < -0.3 is 10.1 Å². The molecule has 1 amide bonds. The quantitative estimate of drug-likeness (QED) is 0.729. The molecule has 0 aliphatic rings. The van der Waals surface area contributed by atoms with Gasteiger partial charge in [-0.2, -0.15) is 0 Å². The van der Waals surface area contributed by atoms with Crippen molar-refractivity contribution in [2.24, 2.45) is 0 Å². The summed E-state index contributed by atoms with van der Waals surface area (Å²) in [6.45, 7) is 1.74. The average Bonchev–Trinajstić information content (AvgIpc) is 2.60. The zero-order valence-electron chi connectivity index (χ0n) is 15.1. The van der Waals surface area contributed by atoms with Crippen molar-refractivity contribution >= 4 is 44.8 Å². The number of nitrogens with one attached hydrogen (secondary N) is 1. The lowest BCUT2D eigenvalue weighted by Gasteiger charge is -2.29. The molecular formula is C18H20Cl2N2O4S. The Hall–Kier alpha value is -1.96. The first kappa shape index (κ1) is 21.3. The Labute approximate surface area is 169 Å². The number of halogens is 2. The number of hydrogen-bond acceptors (Lipinski definition) is 4. The van der Waals surface area contributed by atoms with Crippen LogP contribution in [0, 0.1) is 0 Å². The van der Waals surface area contributed by atoms with Crippen LogP contribution in [0.15, 0.2) is 42.5 Å². The topological polar surface area (TPSA) is 75.7 Å². The summed E-state index contributed by atoms with van der Waals surface area (Å²) in [6, 6.07) is 10.6. The molecule has 0 radical (unpaired) electrons. The maximum Gasteiger partial charge on any atom is 0.243 e. The molecule has 2 aromatic carbocycles. The Morgan fingerprint density at radius 3 is 2.30 bits per heavy atom. The fourth-order valence-corrected chi connectivity index (χ4v) is 4.02. The van der Waals surface area contributed by atoms with E-state index in [-0.39, 0.29) is 12.2 Å². The van der Waals surface area contributed by atoms with E-state index < -0.39 is 22.0 Å². The van der Waals surface area contributed by atoms with Gasteiger partial charge in [-0.05, 0) is 42.8 Å². The van der Waals surface area contributed by atoms with Crippen molar-refractivity contribution in [1.82, 2.24) is 5.32 Å². The number of benzene rings is 2. The molecule has 0 aromatic heterocycles. The number of rotatable bonds is 7. The van der Waals surface area contributed by atoms with Crippen LogP contribution >= 0.6 is 23.2 Å². The second-order valence-electron chi connectivity index (χ2n) is 5.90. The molecule has 0 spiro atoms. The summed E-state index contributed by atoms with van der Waals surface area (Å²) in [7, 11) is -2.37. The zero-order valence-corrected chi connectivity index (χ0v) is 17.4. The summed E-state index contributed by atoms with van der Waals surface area (Å²) < 4.78 is 31.0. The number of ether oxygens (including phenoxy) is 1. The molecule has 0 saturated carbocycles. The molecule has 1 atom stereocenters. The molecule has 1 N–H and O–H groups in total. The Balaban J connectivity index is 2.27. The van der Waals surface area contributed by atoms with E-state index in [9.17, 15) is 13.2 Å². The molecule has 0 unspecified atom stereocenters. The van der Waals surface area contributed by atoms with E-state index >= 15 is 0 Å². The van der Waals surface area contributed by atoms with Crippen molar-refractivity contribution in [2.45, 2.75) is 19.5 Å². The number of carbonyl (C=O) groups excluding carboxylic acids is 1. The summed E-state index contributed by atoms with van der Waals surface area (Å²) in [5.41, 5.74) is 1.04. The zero-order chi connectivity index (χ0) is 20.2. The molecule has 0 bridgehead atoms. The molecule has 0 heterocycles. The SMILES string of the molecule is COc1ccc(Cl)cc1N([C@H](C)C(=O)NCc1ccc(Cl)cc1)S(C)(=O)=O. The summed E-state index contributed by atoms with van der Waals surface area (Å²) in [5.74, 6) is -0.167. The molecule has 6 nitrogen and oxygen atoms in total. The highest BCUT2D eigenvalue weighted by molar-refractivity contribution is 7.92. The van der Waals surface area contributed by atoms with Crippen LogP contribution in [0.2, 0.25) is 10.0 Å². The van der Waals surface area contributed by atoms with Crippen LogP contribution in [-0.2, 0) is 21.4 Å². The maximum atomic E-state index is 12.6. The molecule has 2 aromatic rings. The van der Waals surface area contributed by atoms with Gasteiger partial charge in [-0.25, -0.2) is 8.42 Å². The van der Waals surface area contributed by atoms with Crippen molar-refractivity contribution in [3.63, 3.8) is 0 Å². The van der Waals surface area contributed by atoms with Gasteiger partial charge in [-0.3, -0.25) is 9.10 Å². The third kappa shape index (κ3) is 5.51. The van der Waals surface area contributed by atoms with Crippen LogP contribution < -0.4 is 14.4 Å². The third-order valence-electron chi connectivity index (χ3n) is 3.85. The van der Waals surface area contributed by atoms with Crippen molar-refractivity contribution in [3.8, 4) is 5.75 Å². The second kappa shape index (κ2) is 8.82. The minimum atomic E-state index is -3.78. The first-order valence-electron chi connectivity index (χ1n) is 7.98. The average molecular weight is 431 g/mol. The summed E-state index contributed by atoms with van der Waals surface area (Å²) in [5, 5.41) is 3.65. The van der Waals surface area contributed by atoms with Crippen LogP contribution in [0.25, 0.3) is 0 Å². The Morgan fingerprint density at radius 1 is 1.15 bits per heavy atom. The van der Waals surface area contributed by atoms with Crippen LogP contribution in [0.5, 0.6) is 5.75 Å². The van der Waals surface area contributed by atoms with Gasteiger partial charge >= 0.3 is 0 Å². The molecule has 2 rings (SSSR count). The van der Waals surface area contributed by atoms with E-state index in [4.69, 9.17) is 27.9 Å². The smallest absolute Gasteiger partial charge is 0.243 e. The first-order chi connectivity index (χ1) is 12.6. The number of methoxy groups -OCH3 is 1. The molecule has 0 aliphatic heterocycles. The van der Waals surface area contributed by atoms with E-state index in [0.29, 0.717) is 15.8 Å². The van der Waals surface area contributed by atoms with Crippen molar-refractivity contribution in [2.75, 3.05) is 17.7 Å². The highest BCUT2D eigenvalue weighted by atomic mass is 35.5. The molecule has 0 fully saturated rings. The molecule has 9 heteroatoms. The Morgan fingerprint density at radius 2 is 1.74 bits per heavy atom. The minimum absolute atomic E-state index is 0.196. The van der Waals surface area contributed by atoms with Crippen molar-refractivity contribution in [1.29, 1.82) is 0 Å². The maximum absolute atomic E-state index is 12.6. The van der Waals surface area contributed by atoms with Gasteiger partial charge in [0.25, 0.3) is 0 Å². The summed E-state index contributed by atoms with van der Waals surface area (Å²) >= 11 is 11.9. The lowest BCUT2D eigenvalue weighted by molar-refractivity contribution is -0.122. The van der Waals surface area contributed by atoms with Crippen molar-refractivity contribution < 1.29 is 17.9 Å². The molecule has 0 aliphatic carbocycles. The fourth-order valence-electron chi connectivity index (χ4n) is 2.56. The fraction of sp³-hybridized carbons (Fsp3) is 0.278. The van der Waals surface area contributed by atoms with Gasteiger partial charge in [-0.1, -0.05) is 35.3 Å². The van der Waals surface area contributed by atoms with Crippen LogP contribution in [-0.4, -0.2) is 33.7 Å². The van der Waals surface area contributed by atoms with Gasteiger partial charge in [0, 0.05) is 16.6 Å². The molecule has 146 valence electrons. The largest absolute Gasteiger partial charge is 0.495 e. The highest BCUT2D eigenvalue weighted by Crippen LogP contribution is 2.34. The number of anilines is 1. The molecule has 27 heavy (non-hydrogen) atoms. The Bertz CT molecular complexity index is 917. The predicted molar refractivity (Wildman–Crippen MR) is 108 cm³/mol. The molecule has 0 saturated heterocycles. The van der Waals surface area contributed by atoms with E-state index in [1.807, 2.05) is 0 Å². The third-order valence-corrected chi connectivity index (χ3v) is 5.56. The number of sulfonamides is 1. The van der Waals surface area contributed by atoms with Gasteiger partial charge in [-0.15, -0.1) is 0 Å². The van der Waals surface area contributed by atoms with Gasteiger partial charge in [0.05, 0.1) is 19.1 Å². The predicted octanol–water partition coefficient (Wildman–Crippen LogP) is 3.47. The number of nitrogens with zero attached hydrogens (tertiary/aromatic N) is 1. The monoisotopic (exact) mass is 430 g/mol. The van der Waals surface area contributed by atoms with E-state index in [1.165, 1.54) is 20.1 Å². The lowest BCUT2D eigenvalue weighted by atomic mass is 10.2. The summed E-state index contributed by atoms with van der Waals surface area (Å²) in [6.07, 6.45) is 1.02. The van der Waals surface area contributed by atoms with Crippen LogP contribution in [0.1, 0.15) is 12.5 Å². The van der Waals surface area contributed by atoms with Gasteiger partial charge in [0.1, 0.15) is 11.8 Å². The second-order valence-corrected chi connectivity index (χ2v) is 8.63. The normalized spacial score (nSPS) is 12.3. The minimum Gasteiger partial charge on any atom is -0.495 e. The lowest BCUT2D eigenvalue weighted by Crippen LogP contribution is -2.47. The number of carbonyl (C=O) groups is 1. The number of hydrogen-bond donors (Lipinski definition) is 1. The van der Waals surface area contributed by atoms with E-state index in [2.05, 4.69) is 5.32 Å². The van der Waals surface area contributed by atoms with Gasteiger partial charge in [0.2, 0.25) is 15.9 Å². The first-order valence-corrected chi connectivity index (χ1v) is 10.6. The standard InChI is InChI=1S/C18H20Cl2N2O4S/c1-12(18(23)21-11-13-4-6-14(19)7-5-13)22(27(3,24)25)16-10-15(20)8-9-17(16)26-2/h4-10,12H,11H2,1-3H3,(H,21,23)/t12-/m1/s1. The number of amides is 1. The molecular weight excluding hydrogens is 411 g/mol.